The van der Waals surface area contributed by atoms with Crippen LogP contribution in [0.2, 0.25) is 0 Å². The van der Waals surface area contributed by atoms with E-state index in [-0.39, 0.29) is 5.97 Å². The molecule has 0 aliphatic rings. The van der Waals surface area contributed by atoms with Crippen LogP contribution in [0, 0.1) is 0 Å². The van der Waals surface area contributed by atoms with E-state index < -0.39 is 5.60 Å². The van der Waals surface area contributed by atoms with Crippen LogP contribution in [-0.2, 0) is 9.53 Å². The third-order valence-electron chi connectivity index (χ3n) is 0.766. The van der Waals surface area contributed by atoms with Crippen LogP contribution in [0.15, 0.2) is 12.2 Å². The molecular formula is C8H14O2S. The molecule has 0 radical (unpaired) electrons. The maximum atomic E-state index is 10.9. The monoisotopic (exact) mass is 174 g/mol. The first-order valence-electron chi connectivity index (χ1n) is 3.46. The van der Waals surface area contributed by atoms with Crippen molar-refractivity contribution in [3.63, 3.8) is 0 Å². The van der Waals surface area contributed by atoms with Crippen LogP contribution in [0.5, 0.6) is 0 Å². The summed E-state index contributed by atoms with van der Waals surface area (Å²) in [5, 5.41) is 0. The Morgan fingerprint density at radius 1 is 1.55 bits per heavy atom. The fraction of sp³-hybridized carbons (Fsp3) is 0.625. The summed E-state index contributed by atoms with van der Waals surface area (Å²) >= 11 is 3.91. The third kappa shape index (κ3) is 7.46. The largest absolute Gasteiger partial charge is 0.457 e. The van der Waals surface area contributed by atoms with E-state index >= 15 is 0 Å². The Hall–Kier alpha value is -0.440. The summed E-state index contributed by atoms with van der Waals surface area (Å²) in [6.07, 6.45) is 3.04. The summed E-state index contributed by atoms with van der Waals surface area (Å²) < 4.78 is 4.98. The van der Waals surface area contributed by atoms with Gasteiger partial charge in [-0.3, -0.25) is 0 Å². The molecule has 11 heavy (non-hydrogen) atoms. The van der Waals surface area contributed by atoms with Crippen molar-refractivity contribution in [3.8, 4) is 0 Å². The van der Waals surface area contributed by atoms with Crippen LogP contribution >= 0.6 is 12.6 Å². The van der Waals surface area contributed by atoms with Gasteiger partial charge in [0.05, 0.1) is 0 Å². The summed E-state index contributed by atoms with van der Waals surface area (Å²) in [6, 6.07) is 0. The van der Waals surface area contributed by atoms with E-state index in [1.165, 1.54) is 6.08 Å². The molecule has 0 aromatic rings. The molecule has 0 saturated carbocycles. The molecule has 0 aromatic heterocycles. The van der Waals surface area contributed by atoms with Gasteiger partial charge in [0.25, 0.3) is 0 Å². The highest BCUT2D eigenvalue weighted by molar-refractivity contribution is 7.80. The van der Waals surface area contributed by atoms with Crippen LogP contribution in [-0.4, -0.2) is 17.3 Å². The van der Waals surface area contributed by atoms with Crippen molar-refractivity contribution < 1.29 is 9.53 Å². The van der Waals surface area contributed by atoms with E-state index in [2.05, 4.69) is 12.6 Å². The van der Waals surface area contributed by atoms with Crippen LogP contribution in [0.3, 0.4) is 0 Å². The quantitative estimate of drug-likeness (QED) is 0.392. The lowest BCUT2D eigenvalue weighted by Gasteiger charge is -2.17. The van der Waals surface area contributed by atoms with Gasteiger partial charge in [-0.15, -0.1) is 0 Å². The van der Waals surface area contributed by atoms with Gasteiger partial charge in [-0.25, -0.2) is 4.79 Å². The molecule has 3 heteroatoms. The molecule has 0 aromatic carbocycles. The van der Waals surface area contributed by atoms with Crippen LogP contribution in [0.25, 0.3) is 0 Å². The Kier molecular flexibility index (Phi) is 4.26. The second-order valence-electron chi connectivity index (χ2n) is 3.12. The molecule has 0 heterocycles. The lowest BCUT2D eigenvalue weighted by Crippen LogP contribution is -2.22. The van der Waals surface area contributed by atoms with Crippen LogP contribution < -0.4 is 0 Å². The van der Waals surface area contributed by atoms with E-state index in [0.29, 0.717) is 5.75 Å². The minimum Gasteiger partial charge on any atom is -0.457 e. The third-order valence-corrected chi connectivity index (χ3v) is 0.977. The number of hydrogen-bond donors (Lipinski definition) is 1. The molecular weight excluding hydrogens is 160 g/mol. The zero-order valence-electron chi connectivity index (χ0n) is 7.13. The van der Waals surface area contributed by atoms with Crippen molar-refractivity contribution >= 4 is 18.6 Å². The number of ether oxygens (including phenoxy) is 1. The van der Waals surface area contributed by atoms with E-state index in [1.54, 1.807) is 6.08 Å². The van der Waals surface area contributed by atoms with Crippen molar-refractivity contribution in [2.75, 3.05) is 5.75 Å². The smallest absolute Gasteiger partial charge is 0.330 e. The lowest BCUT2D eigenvalue weighted by atomic mass is 10.2. The topological polar surface area (TPSA) is 26.3 Å². The van der Waals surface area contributed by atoms with Crippen LogP contribution in [0.1, 0.15) is 20.8 Å². The summed E-state index contributed by atoms with van der Waals surface area (Å²) in [5.41, 5.74) is -0.405. The molecule has 0 rings (SSSR count). The molecule has 0 aliphatic carbocycles. The highest BCUT2D eigenvalue weighted by Crippen LogP contribution is 2.06. The number of carbonyl (C=O) groups excluding carboxylic acids is 1. The Morgan fingerprint density at radius 3 is 2.45 bits per heavy atom. The molecule has 2 nitrogen and oxygen atoms in total. The van der Waals surface area contributed by atoms with E-state index in [4.69, 9.17) is 4.74 Å². The van der Waals surface area contributed by atoms with E-state index in [9.17, 15) is 4.79 Å². The van der Waals surface area contributed by atoms with Gasteiger partial charge in [0.15, 0.2) is 0 Å². The summed E-state index contributed by atoms with van der Waals surface area (Å²) in [6.45, 7) is 5.50. The van der Waals surface area contributed by atoms with Gasteiger partial charge in [-0.1, -0.05) is 6.08 Å². The van der Waals surface area contributed by atoms with Gasteiger partial charge in [-0.05, 0) is 20.8 Å². The SMILES string of the molecule is CC(C)(C)OC(=O)/C=C/CS. The molecule has 0 unspecified atom stereocenters. The van der Waals surface area contributed by atoms with Crippen LogP contribution in [0.4, 0.5) is 0 Å². The highest BCUT2D eigenvalue weighted by atomic mass is 32.1. The Balaban J connectivity index is 3.80. The molecule has 0 saturated heterocycles. The first-order valence-corrected chi connectivity index (χ1v) is 4.09. The fourth-order valence-electron chi connectivity index (χ4n) is 0.485. The van der Waals surface area contributed by atoms with E-state index in [0.717, 1.165) is 0 Å². The van der Waals surface area contributed by atoms with Gasteiger partial charge in [0.1, 0.15) is 5.60 Å². The molecule has 0 bridgehead atoms. The predicted octanol–water partition coefficient (Wildman–Crippen LogP) is 1.81. The molecule has 0 spiro atoms. The minimum absolute atomic E-state index is 0.313. The van der Waals surface area contributed by atoms with Gasteiger partial charge in [0, 0.05) is 11.8 Å². The molecule has 0 fully saturated rings. The number of esters is 1. The van der Waals surface area contributed by atoms with Gasteiger partial charge in [0.2, 0.25) is 0 Å². The number of carbonyl (C=O) groups is 1. The van der Waals surface area contributed by atoms with Crippen molar-refractivity contribution in [1.82, 2.24) is 0 Å². The maximum Gasteiger partial charge on any atom is 0.330 e. The predicted molar refractivity (Wildman–Crippen MR) is 48.8 cm³/mol. The average Bonchev–Trinajstić information content (AvgIpc) is 1.79. The van der Waals surface area contributed by atoms with Crippen molar-refractivity contribution in [1.29, 1.82) is 0 Å². The first-order chi connectivity index (χ1) is 4.95. The summed E-state index contributed by atoms with van der Waals surface area (Å²) in [5.74, 6) is 0.241. The lowest BCUT2D eigenvalue weighted by molar-refractivity contribution is -0.148. The zero-order chi connectivity index (χ0) is 8.91. The maximum absolute atomic E-state index is 10.9. The minimum atomic E-state index is -0.405. The Morgan fingerprint density at radius 2 is 2.09 bits per heavy atom. The zero-order valence-corrected chi connectivity index (χ0v) is 8.02. The number of thiol groups is 1. The van der Waals surface area contributed by atoms with Crippen molar-refractivity contribution in [2.24, 2.45) is 0 Å². The first kappa shape index (κ1) is 10.6. The summed E-state index contributed by atoms with van der Waals surface area (Å²) in [4.78, 5) is 10.9. The number of rotatable bonds is 2. The van der Waals surface area contributed by atoms with Crippen molar-refractivity contribution in [3.05, 3.63) is 12.2 Å². The normalized spacial score (nSPS) is 12.0. The van der Waals surface area contributed by atoms with E-state index in [1.807, 2.05) is 20.8 Å². The number of hydrogen-bond acceptors (Lipinski definition) is 3. The highest BCUT2D eigenvalue weighted by Gasteiger charge is 2.13. The molecule has 0 aliphatic heterocycles. The van der Waals surface area contributed by atoms with Gasteiger partial charge < -0.3 is 4.74 Å². The van der Waals surface area contributed by atoms with Gasteiger partial charge >= 0.3 is 5.97 Å². The fourth-order valence-corrected chi connectivity index (χ4v) is 0.590. The van der Waals surface area contributed by atoms with Crippen molar-refractivity contribution in [2.45, 2.75) is 26.4 Å². The average molecular weight is 174 g/mol. The molecule has 0 amide bonds. The molecule has 0 N–H and O–H groups in total. The Labute approximate surface area is 73.0 Å². The standard InChI is InChI=1S/C8H14O2S/c1-8(2,3)10-7(9)5-4-6-11/h4-5,11H,6H2,1-3H3/b5-4+. The summed E-state index contributed by atoms with van der Waals surface area (Å²) in [7, 11) is 0. The van der Waals surface area contributed by atoms with Gasteiger partial charge in [-0.2, -0.15) is 12.6 Å². The Bertz CT molecular complexity index is 156. The molecule has 0 atom stereocenters. The second-order valence-corrected chi connectivity index (χ2v) is 3.48. The second kappa shape index (κ2) is 4.44. The molecule has 64 valence electrons.